The van der Waals surface area contributed by atoms with Crippen LogP contribution in [0.15, 0.2) is 0 Å². The number of hydrogen-bond donors (Lipinski definition) is 0. The standard InChI is InChI=1S/C13H26NO4Si/c1-13(2,3)14(12(16)17-4)10-11(15)18-8-9-19(5,6)7/h4,8-10H2,1-3,5-7H3. The van der Waals surface area contributed by atoms with Crippen LogP contribution in [0.2, 0.25) is 25.7 Å². The molecule has 0 rings (SSSR count). The molecule has 0 atom stereocenters. The number of hydrogen-bond acceptors (Lipinski definition) is 4. The van der Waals surface area contributed by atoms with E-state index in [1.54, 1.807) is 0 Å². The number of carbonyl (C=O) groups excluding carboxylic acids is 2. The predicted molar refractivity (Wildman–Crippen MR) is 77.4 cm³/mol. The molecule has 0 aromatic heterocycles. The van der Waals surface area contributed by atoms with Gasteiger partial charge < -0.3 is 9.47 Å². The zero-order valence-electron chi connectivity index (χ0n) is 12.9. The Morgan fingerprint density at radius 3 is 2.11 bits per heavy atom. The zero-order chi connectivity index (χ0) is 15.3. The molecule has 0 aliphatic carbocycles. The Bertz CT molecular complexity index is 318. The fraction of sp³-hybridized carbons (Fsp3) is 0.769. The first-order valence-corrected chi connectivity index (χ1v) is 10.1. The first-order chi connectivity index (χ1) is 8.47. The second-order valence-electron chi connectivity index (χ2n) is 6.70. The van der Waals surface area contributed by atoms with E-state index in [1.165, 1.54) is 4.90 Å². The van der Waals surface area contributed by atoms with Crippen molar-refractivity contribution >= 4 is 20.1 Å². The van der Waals surface area contributed by atoms with Gasteiger partial charge in [0.25, 0.3) is 0 Å². The summed E-state index contributed by atoms with van der Waals surface area (Å²) >= 11 is 0. The van der Waals surface area contributed by atoms with Crippen molar-refractivity contribution in [3.05, 3.63) is 7.11 Å². The van der Waals surface area contributed by atoms with Crippen LogP contribution in [0, 0.1) is 7.11 Å². The molecule has 0 N–H and O–H groups in total. The molecular formula is C13H26NO4Si. The van der Waals surface area contributed by atoms with E-state index in [2.05, 4.69) is 31.5 Å². The molecule has 0 aliphatic heterocycles. The Hall–Kier alpha value is -1.04. The van der Waals surface area contributed by atoms with Crippen LogP contribution in [0.4, 0.5) is 4.79 Å². The van der Waals surface area contributed by atoms with Crippen LogP contribution in [0.1, 0.15) is 20.8 Å². The summed E-state index contributed by atoms with van der Waals surface area (Å²) in [5, 5.41) is 0. The molecule has 1 amide bonds. The molecule has 0 aliphatic rings. The van der Waals surface area contributed by atoms with Gasteiger partial charge in [0.15, 0.2) is 0 Å². The minimum absolute atomic E-state index is 0.121. The van der Waals surface area contributed by atoms with Crippen LogP contribution >= 0.6 is 0 Å². The summed E-state index contributed by atoms with van der Waals surface area (Å²) in [5.74, 6) is -0.418. The molecule has 0 saturated heterocycles. The van der Waals surface area contributed by atoms with E-state index in [0.29, 0.717) is 6.61 Å². The Morgan fingerprint density at radius 2 is 1.74 bits per heavy atom. The highest BCUT2D eigenvalue weighted by Gasteiger charge is 2.29. The highest BCUT2D eigenvalue weighted by atomic mass is 28.3. The molecule has 0 bridgehead atoms. The second kappa shape index (κ2) is 6.93. The summed E-state index contributed by atoms with van der Waals surface area (Å²) in [6.07, 6.45) is -0.630. The molecule has 0 saturated carbocycles. The molecule has 111 valence electrons. The summed E-state index contributed by atoms with van der Waals surface area (Å²) in [5.41, 5.74) is -0.521. The molecule has 1 radical (unpaired) electrons. The maximum absolute atomic E-state index is 11.7. The van der Waals surface area contributed by atoms with E-state index in [-0.39, 0.29) is 6.54 Å². The van der Waals surface area contributed by atoms with Gasteiger partial charge >= 0.3 is 12.1 Å². The largest absolute Gasteiger partial charge is 0.465 e. The summed E-state index contributed by atoms with van der Waals surface area (Å²) in [4.78, 5) is 24.6. The third-order valence-corrected chi connectivity index (χ3v) is 4.26. The fourth-order valence-electron chi connectivity index (χ4n) is 1.30. The lowest BCUT2D eigenvalue weighted by molar-refractivity contribution is -0.145. The molecule has 0 aromatic rings. The Labute approximate surface area is 117 Å². The Balaban J connectivity index is 4.38. The quantitative estimate of drug-likeness (QED) is 0.576. The summed E-state index contributed by atoms with van der Waals surface area (Å²) in [6, 6.07) is 0.911. The molecule has 0 aromatic carbocycles. The molecule has 6 heteroatoms. The zero-order valence-corrected chi connectivity index (χ0v) is 13.9. The van der Waals surface area contributed by atoms with Crippen molar-refractivity contribution in [3.8, 4) is 0 Å². The van der Waals surface area contributed by atoms with Crippen LogP contribution in [0.3, 0.4) is 0 Å². The van der Waals surface area contributed by atoms with E-state index in [4.69, 9.17) is 4.74 Å². The van der Waals surface area contributed by atoms with Crippen molar-refractivity contribution in [1.29, 1.82) is 0 Å². The van der Waals surface area contributed by atoms with Gasteiger partial charge in [-0.15, -0.1) is 0 Å². The lowest BCUT2D eigenvalue weighted by atomic mass is 10.1. The minimum atomic E-state index is -1.22. The molecule has 0 unspecified atom stereocenters. The number of carbonyl (C=O) groups is 2. The van der Waals surface area contributed by atoms with E-state index < -0.39 is 25.7 Å². The fourth-order valence-corrected chi connectivity index (χ4v) is 2.01. The van der Waals surface area contributed by atoms with Crippen molar-refractivity contribution < 1.29 is 19.1 Å². The second-order valence-corrected chi connectivity index (χ2v) is 12.3. The number of rotatable bonds is 5. The van der Waals surface area contributed by atoms with Gasteiger partial charge in [-0.05, 0) is 26.8 Å². The summed E-state index contributed by atoms with van der Waals surface area (Å²) in [7, 11) is 1.86. The molecule has 0 fully saturated rings. The number of amides is 1. The molecule has 0 heterocycles. The van der Waals surface area contributed by atoms with Crippen molar-refractivity contribution in [1.82, 2.24) is 4.90 Å². The van der Waals surface area contributed by atoms with Crippen LogP contribution in [-0.2, 0) is 14.3 Å². The Kier molecular flexibility index (Phi) is 6.55. The molecule has 5 nitrogen and oxygen atoms in total. The van der Waals surface area contributed by atoms with E-state index >= 15 is 0 Å². The van der Waals surface area contributed by atoms with Gasteiger partial charge in [0.1, 0.15) is 13.7 Å². The molecule has 0 spiro atoms. The predicted octanol–water partition coefficient (Wildman–Crippen LogP) is 2.90. The van der Waals surface area contributed by atoms with Gasteiger partial charge in [-0.25, -0.2) is 4.79 Å². The van der Waals surface area contributed by atoms with Crippen molar-refractivity contribution in [2.75, 3.05) is 13.2 Å². The van der Waals surface area contributed by atoms with Crippen LogP contribution in [-0.4, -0.2) is 43.7 Å². The monoisotopic (exact) mass is 288 g/mol. The van der Waals surface area contributed by atoms with Crippen LogP contribution in [0.5, 0.6) is 0 Å². The maximum Gasteiger partial charge on any atom is 0.410 e. The SMILES string of the molecule is [CH2]OC(=O)N(CC(=O)OCC[Si](C)(C)C)C(C)(C)C. The van der Waals surface area contributed by atoms with Crippen molar-refractivity contribution in [2.24, 2.45) is 0 Å². The number of nitrogens with zero attached hydrogens (tertiary/aromatic N) is 1. The van der Waals surface area contributed by atoms with Gasteiger partial charge in [-0.1, -0.05) is 19.6 Å². The Morgan fingerprint density at radius 1 is 1.21 bits per heavy atom. The third-order valence-electron chi connectivity index (χ3n) is 2.56. The summed E-state index contributed by atoms with van der Waals surface area (Å²) in [6.45, 7) is 12.4. The molecular weight excluding hydrogens is 262 g/mol. The highest BCUT2D eigenvalue weighted by molar-refractivity contribution is 6.76. The lowest BCUT2D eigenvalue weighted by Gasteiger charge is -2.33. The minimum Gasteiger partial charge on any atom is -0.465 e. The van der Waals surface area contributed by atoms with Gasteiger partial charge in [0.2, 0.25) is 0 Å². The van der Waals surface area contributed by atoms with E-state index in [0.717, 1.165) is 6.04 Å². The number of esters is 1. The smallest absolute Gasteiger partial charge is 0.410 e. The van der Waals surface area contributed by atoms with Crippen molar-refractivity contribution in [3.63, 3.8) is 0 Å². The first-order valence-electron chi connectivity index (χ1n) is 6.36. The first kappa shape index (κ1) is 18.0. The third kappa shape index (κ3) is 7.87. The normalized spacial score (nSPS) is 11.9. The van der Waals surface area contributed by atoms with Crippen molar-refractivity contribution in [2.45, 2.75) is 52.0 Å². The van der Waals surface area contributed by atoms with Crippen LogP contribution < -0.4 is 0 Å². The number of ether oxygens (including phenoxy) is 2. The van der Waals surface area contributed by atoms with Gasteiger partial charge in [-0.2, -0.15) is 0 Å². The van der Waals surface area contributed by atoms with E-state index in [9.17, 15) is 9.59 Å². The van der Waals surface area contributed by atoms with Gasteiger partial charge in [0.05, 0.1) is 6.61 Å². The summed E-state index contributed by atoms with van der Waals surface area (Å²) < 4.78 is 9.60. The highest BCUT2D eigenvalue weighted by Crippen LogP contribution is 2.15. The topological polar surface area (TPSA) is 55.8 Å². The van der Waals surface area contributed by atoms with Gasteiger partial charge in [-0.3, -0.25) is 9.69 Å². The van der Waals surface area contributed by atoms with E-state index in [1.807, 2.05) is 20.8 Å². The van der Waals surface area contributed by atoms with Gasteiger partial charge in [0, 0.05) is 13.6 Å². The lowest BCUT2D eigenvalue weighted by Crippen LogP contribution is -2.48. The average Bonchev–Trinajstić information content (AvgIpc) is 2.21. The molecule has 19 heavy (non-hydrogen) atoms. The maximum atomic E-state index is 11.7. The van der Waals surface area contributed by atoms with Crippen LogP contribution in [0.25, 0.3) is 0 Å². The average molecular weight is 288 g/mol.